The fourth-order valence-electron chi connectivity index (χ4n) is 1.70. The number of nitrogens with zero attached hydrogens (tertiary/aromatic N) is 1. The van der Waals surface area contributed by atoms with E-state index in [0.29, 0.717) is 11.4 Å². The third-order valence-electron chi connectivity index (χ3n) is 2.74. The van der Waals surface area contributed by atoms with E-state index >= 15 is 0 Å². The Labute approximate surface area is 126 Å². The Hall–Kier alpha value is -2.67. The summed E-state index contributed by atoms with van der Waals surface area (Å²) in [6.07, 6.45) is 0. The maximum atomic E-state index is 10.6. The van der Waals surface area contributed by atoms with Gasteiger partial charge in [-0.2, -0.15) is 0 Å². The Bertz CT molecular complexity index is 686. The number of thiocarbonyl (C=S) groups is 1. The van der Waals surface area contributed by atoms with Crippen LogP contribution in [0.15, 0.2) is 42.5 Å². The molecule has 2 rings (SSSR count). The molecule has 2 aromatic carbocycles. The van der Waals surface area contributed by atoms with Crippen molar-refractivity contribution in [2.75, 3.05) is 10.6 Å². The van der Waals surface area contributed by atoms with Crippen LogP contribution in [0.4, 0.5) is 17.1 Å². The third-order valence-corrected chi connectivity index (χ3v) is 2.94. The van der Waals surface area contributed by atoms with Gasteiger partial charge in [-0.3, -0.25) is 10.1 Å². The molecule has 0 aliphatic rings. The van der Waals surface area contributed by atoms with Crippen LogP contribution in [0.5, 0.6) is 5.75 Å². The van der Waals surface area contributed by atoms with Crippen LogP contribution in [0.2, 0.25) is 0 Å². The van der Waals surface area contributed by atoms with Crippen LogP contribution in [0.3, 0.4) is 0 Å². The molecule has 0 spiro atoms. The van der Waals surface area contributed by atoms with Crippen LogP contribution in [0.1, 0.15) is 5.56 Å². The number of aryl methyl sites for hydroxylation is 1. The summed E-state index contributed by atoms with van der Waals surface area (Å²) in [5.41, 5.74) is 2.10. The molecule has 0 amide bonds. The Balaban J connectivity index is 2.04. The molecule has 0 radical (unpaired) electrons. The number of non-ortho nitro benzene ring substituents is 1. The summed E-state index contributed by atoms with van der Waals surface area (Å²) in [7, 11) is 0. The zero-order valence-corrected chi connectivity index (χ0v) is 12.0. The maximum absolute atomic E-state index is 10.6. The Kier molecular flexibility index (Phi) is 4.34. The number of phenolic OH excluding ortho intramolecular Hbond substituents is 1. The molecule has 108 valence electrons. The van der Waals surface area contributed by atoms with Crippen molar-refractivity contribution in [2.24, 2.45) is 0 Å². The maximum Gasteiger partial charge on any atom is 0.269 e. The molecular formula is C14H13N3O3S. The monoisotopic (exact) mass is 303 g/mol. The number of hydrogen-bond donors (Lipinski definition) is 3. The van der Waals surface area contributed by atoms with Crippen LogP contribution < -0.4 is 10.6 Å². The summed E-state index contributed by atoms with van der Waals surface area (Å²) in [5, 5.41) is 26.3. The standard InChI is InChI=1S/C14H13N3O3S/c1-9-2-7-13(18)12(8-9)16-14(21)15-10-3-5-11(6-4-10)17(19)20/h2-8,18H,1H3,(H2,15,16,21). The van der Waals surface area contributed by atoms with Crippen molar-refractivity contribution in [3.05, 3.63) is 58.1 Å². The van der Waals surface area contributed by atoms with E-state index in [-0.39, 0.29) is 16.5 Å². The van der Waals surface area contributed by atoms with E-state index in [2.05, 4.69) is 10.6 Å². The quantitative estimate of drug-likeness (QED) is 0.348. The second kappa shape index (κ2) is 6.19. The van der Waals surface area contributed by atoms with Crippen molar-refractivity contribution >= 4 is 34.4 Å². The van der Waals surface area contributed by atoms with Gasteiger partial charge in [0.2, 0.25) is 0 Å². The summed E-state index contributed by atoms with van der Waals surface area (Å²) in [6.45, 7) is 1.90. The van der Waals surface area contributed by atoms with Crippen LogP contribution >= 0.6 is 12.2 Å². The summed E-state index contributed by atoms with van der Waals surface area (Å²) in [5.74, 6) is 0.0912. The predicted octanol–water partition coefficient (Wildman–Crippen LogP) is 3.42. The van der Waals surface area contributed by atoms with E-state index in [0.717, 1.165) is 5.56 Å². The van der Waals surface area contributed by atoms with Gasteiger partial charge in [-0.15, -0.1) is 0 Å². The highest BCUT2D eigenvalue weighted by atomic mass is 32.1. The molecule has 0 fully saturated rings. The van der Waals surface area contributed by atoms with E-state index in [9.17, 15) is 15.2 Å². The average Bonchev–Trinajstić information content (AvgIpc) is 2.43. The molecular weight excluding hydrogens is 290 g/mol. The summed E-state index contributed by atoms with van der Waals surface area (Å²) in [6, 6.07) is 11.0. The number of anilines is 2. The number of nitro benzene ring substituents is 1. The zero-order chi connectivity index (χ0) is 15.4. The molecule has 7 heteroatoms. The first-order chi connectivity index (χ1) is 9.95. The average molecular weight is 303 g/mol. The molecule has 0 saturated heterocycles. The van der Waals surface area contributed by atoms with Crippen molar-refractivity contribution in [2.45, 2.75) is 6.92 Å². The smallest absolute Gasteiger partial charge is 0.269 e. The largest absolute Gasteiger partial charge is 0.506 e. The SMILES string of the molecule is Cc1ccc(O)c(NC(=S)Nc2ccc([N+](=O)[O-])cc2)c1. The van der Waals surface area contributed by atoms with Gasteiger partial charge in [-0.1, -0.05) is 6.07 Å². The van der Waals surface area contributed by atoms with Crippen molar-refractivity contribution in [1.29, 1.82) is 0 Å². The van der Waals surface area contributed by atoms with Crippen LogP contribution in [-0.2, 0) is 0 Å². The van der Waals surface area contributed by atoms with Crippen molar-refractivity contribution in [1.82, 2.24) is 0 Å². The highest BCUT2D eigenvalue weighted by Gasteiger charge is 2.06. The number of nitro groups is 1. The van der Waals surface area contributed by atoms with E-state index in [1.165, 1.54) is 12.1 Å². The van der Waals surface area contributed by atoms with Gasteiger partial charge in [-0.25, -0.2) is 0 Å². The molecule has 0 heterocycles. The highest BCUT2D eigenvalue weighted by Crippen LogP contribution is 2.24. The first-order valence-corrected chi connectivity index (χ1v) is 6.48. The topological polar surface area (TPSA) is 87.4 Å². The van der Waals surface area contributed by atoms with Gasteiger partial charge < -0.3 is 15.7 Å². The fourth-order valence-corrected chi connectivity index (χ4v) is 1.93. The molecule has 0 aliphatic carbocycles. The Morgan fingerprint density at radius 2 is 1.86 bits per heavy atom. The van der Waals surface area contributed by atoms with E-state index < -0.39 is 4.92 Å². The molecule has 3 N–H and O–H groups in total. The number of phenols is 1. The lowest BCUT2D eigenvalue weighted by Gasteiger charge is -2.12. The molecule has 0 aliphatic heterocycles. The van der Waals surface area contributed by atoms with Crippen molar-refractivity contribution < 1.29 is 10.0 Å². The summed E-state index contributed by atoms with van der Waals surface area (Å²) < 4.78 is 0. The third kappa shape index (κ3) is 3.90. The lowest BCUT2D eigenvalue weighted by atomic mass is 10.2. The predicted molar refractivity (Wildman–Crippen MR) is 85.8 cm³/mol. The Morgan fingerprint density at radius 1 is 1.19 bits per heavy atom. The molecule has 0 atom stereocenters. The second-order valence-electron chi connectivity index (χ2n) is 4.40. The molecule has 21 heavy (non-hydrogen) atoms. The zero-order valence-electron chi connectivity index (χ0n) is 11.2. The van der Waals surface area contributed by atoms with Crippen LogP contribution in [0, 0.1) is 17.0 Å². The highest BCUT2D eigenvalue weighted by molar-refractivity contribution is 7.80. The van der Waals surface area contributed by atoms with Crippen LogP contribution in [0.25, 0.3) is 0 Å². The lowest BCUT2D eigenvalue weighted by molar-refractivity contribution is -0.384. The summed E-state index contributed by atoms with van der Waals surface area (Å²) >= 11 is 5.14. The number of rotatable bonds is 3. The number of nitrogens with one attached hydrogen (secondary N) is 2. The first-order valence-electron chi connectivity index (χ1n) is 6.08. The van der Waals surface area contributed by atoms with Gasteiger partial charge in [-0.05, 0) is 49.0 Å². The van der Waals surface area contributed by atoms with Crippen molar-refractivity contribution in [3.8, 4) is 5.75 Å². The minimum atomic E-state index is -0.467. The van der Waals surface area contributed by atoms with Gasteiger partial charge in [0.1, 0.15) is 5.75 Å². The lowest BCUT2D eigenvalue weighted by Crippen LogP contribution is -2.19. The molecule has 2 aromatic rings. The molecule has 0 saturated carbocycles. The van der Waals surface area contributed by atoms with E-state index in [1.807, 2.05) is 6.92 Å². The van der Waals surface area contributed by atoms with E-state index in [1.54, 1.807) is 30.3 Å². The second-order valence-corrected chi connectivity index (χ2v) is 4.81. The van der Waals surface area contributed by atoms with Gasteiger partial charge in [0.25, 0.3) is 5.69 Å². The molecule has 0 unspecified atom stereocenters. The molecule has 0 aromatic heterocycles. The Morgan fingerprint density at radius 3 is 2.48 bits per heavy atom. The fraction of sp³-hybridized carbons (Fsp3) is 0.0714. The summed E-state index contributed by atoms with van der Waals surface area (Å²) in [4.78, 5) is 10.1. The number of benzene rings is 2. The minimum absolute atomic E-state index is 0.00996. The van der Waals surface area contributed by atoms with Gasteiger partial charge in [0, 0.05) is 17.8 Å². The van der Waals surface area contributed by atoms with Gasteiger partial charge in [0.15, 0.2) is 5.11 Å². The number of hydrogen-bond acceptors (Lipinski definition) is 4. The van der Waals surface area contributed by atoms with Gasteiger partial charge >= 0.3 is 0 Å². The van der Waals surface area contributed by atoms with E-state index in [4.69, 9.17) is 12.2 Å². The van der Waals surface area contributed by atoms with Crippen molar-refractivity contribution in [3.63, 3.8) is 0 Å². The van der Waals surface area contributed by atoms with Crippen LogP contribution in [-0.4, -0.2) is 15.1 Å². The first kappa shape index (κ1) is 14.7. The minimum Gasteiger partial charge on any atom is -0.506 e. The molecule has 6 nitrogen and oxygen atoms in total. The number of aromatic hydroxyl groups is 1. The molecule has 0 bridgehead atoms. The van der Waals surface area contributed by atoms with Gasteiger partial charge in [0.05, 0.1) is 10.6 Å². The normalized spacial score (nSPS) is 9.95.